The van der Waals surface area contributed by atoms with Crippen molar-refractivity contribution in [1.29, 1.82) is 0 Å². The molecule has 40 heavy (non-hydrogen) atoms. The van der Waals surface area contributed by atoms with Gasteiger partial charge in [-0.05, 0) is 53.3 Å². The molecule has 3 aromatic carbocycles. The molecular formula is C31H35N3O5S. The van der Waals surface area contributed by atoms with Gasteiger partial charge < -0.3 is 20.5 Å². The van der Waals surface area contributed by atoms with Gasteiger partial charge >= 0.3 is 12.1 Å². The minimum atomic E-state index is -1.11. The quantitative estimate of drug-likeness (QED) is 0.285. The van der Waals surface area contributed by atoms with E-state index in [1.54, 1.807) is 0 Å². The van der Waals surface area contributed by atoms with Gasteiger partial charge in [0.2, 0.25) is 5.91 Å². The first-order chi connectivity index (χ1) is 19.4. The summed E-state index contributed by atoms with van der Waals surface area (Å²) in [6.45, 7) is 0.825. The highest BCUT2D eigenvalue weighted by atomic mass is 32.2. The molecule has 0 spiro atoms. The lowest BCUT2D eigenvalue weighted by atomic mass is 9.98. The summed E-state index contributed by atoms with van der Waals surface area (Å²) in [6.07, 6.45) is 1.42. The molecule has 3 N–H and O–H groups in total. The van der Waals surface area contributed by atoms with E-state index in [2.05, 4.69) is 22.8 Å². The average molecular weight is 562 g/mol. The van der Waals surface area contributed by atoms with Crippen LogP contribution in [0, 0.1) is 0 Å². The Morgan fingerprint density at radius 1 is 0.900 bits per heavy atom. The van der Waals surface area contributed by atoms with Crippen molar-refractivity contribution >= 4 is 29.7 Å². The fraction of sp³-hybridized carbons (Fsp3) is 0.323. The number of carbonyl (C=O) groups is 3. The zero-order valence-corrected chi connectivity index (χ0v) is 23.5. The number of rotatable bonds is 13. The molecule has 2 amide bonds. The van der Waals surface area contributed by atoms with E-state index in [1.165, 1.54) is 11.8 Å². The molecule has 1 aliphatic carbocycles. The number of carbonyl (C=O) groups excluding carboxylic acids is 2. The summed E-state index contributed by atoms with van der Waals surface area (Å²) >= 11 is 1.50. The first kappa shape index (κ1) is 29.2. The molecule has 0 radical (unpaired) electrons. The van der Waals surface area contributed by atoms with Crippen LogP contribution >= 0.6 is 11.8 Å². The van der Waals surface area contributed by atoms with Gasteiger partial charge in [0.1, 0.15) is 18.7 Å². The van der Waals surface area contributed by atoms with E-state index in [1.807, 2.05) is 84.9 Å². The van der Waals surface area contributed by atoms with E-state index in [0.29, 0.717) is 12.3 Å². The summed E-state index contributed by atoms with van der Waals surface area (Å²) in [5.41, 5.74) is 5.47. The number of carboxylic acid groups (broad SMARTS) is 1. The summed E-state index contributed by atoms with van der Waals surface area (Å²) in [7, 11) is 1.84. The van der Waals surface area contributed by atoms with E-state index in [9.17, 15) is 19.5 Å². The van der Waals surface area contributed by atoms with Gasteiger partial charge in [0.15, 0.2) is 0 Å². The van der Waals surface area contributed by atoms with Gasteiger partial charge in [-0.15, -0.1) is 0 Å². The summed E-state index contributed by atoms with van der Waals surface area (Å²) in [4.78, 5) is 39.9. The van der Waals surface area contributed by atoms with Gasteiger partial charge in [-0.2, -0.15) is 11.8 Å². The highest BCUT2D eigenvalue weighted by molar-refractivity contribution is 7.98. The Hall–Kier alpha value is -3.82. The molecule has 8 nitrogen and oxygen atoms in total. The fourth-order valence-corrected chi connectivity index (χ4v) is 5.48. The highest BCUT2D eigenvalue weighted by Crippen LogP contribution is 2.44. The van der Waals surface area contributed by atoms with Crippen molar-refractivity contribution in [3.8, 4) is 11.1 Å². The number of nitrogens with zero attached hydrogens (tertiary/aromatic N) is 1. The highest BCUT2D eigenvalue weighted by Gasteiger charge is 2.31. The van der Waals surface area contributed by atoms with Crippen molar-refractivity contribution in [1.82, 2.24) is 15.5 Å². The number of alkyl carbamates (subject to hydrolysis) is 1. The first-order valence-electron chi connectivity index (χ1n) is 13.2. The Morgan fingerprint density at radius 2 is 1.50 bits per heavy atom. The number of hydrogen-bond acceptors (Lipinski definition) is 6. The predicted octanol–water partition coefficient (Wildman–Crippen LogP) is 4.35. The molecule has 1 aliphatic rings. The molecule has 9 heteroatoms. The Labute approximate surface area is 239 Å². The molecule has 0 aliphatic heterocycles. The third kappa shape index (κ3) is 7.43. The van der Waals surface area contributed by atoms with Crippen LogP contribution in [-0.2, 0) is 20.9 Å². The molecule has 0 bridgehead atoms. The van der Waals surface area contributed by atoms with Crippen molar-refractivity contribution in [2.24, 2.45) is 0 Å². The lowest BCUT2D eigenvalue weighted by molar-refractivity contribution is -0.142. The molecule has 0 aromatic heterocycles. The third-order valence-electron chi connectivity index (χ3n) is 6.97. The zero-order valence-electron chi connectivity index (χ0n) is 22.7. The number of amides is 2. The largest absolute Gasteiger partial charge is 0.480 e. The van der Waals surface area contributed by atoms with Crippen LogP contribution in [0.1, 0.15) is 29.0 Å². The van der Waals surface area contributed by atoms with Gasteiger partial charge in [0, 0.05) is 19.0 Å². The number of nitrogens with one attached hydrogen (secondary N) is 2. The topological polar surface area (TPSA) is 108 Å². The van der Waals surface area contributed by atoms with Crippen molar-refractivity contribution in [2.45, 2.75) is 31.0 Å². The van der Waals surface area contributed by atoms with Crippen LogP contribution in [0.3, 0.4) is 0 Å². The smallest absolute Gasteiger partial charge is 0.407 e. The van der Waals surface area contributed by atoms with Crippen molar-refractivity contribution in [2.75, 3.05) is 32.2 Å². The Balaban J connectivity index is 1.44. The summed E-state index contributed by atoms with van der Waals surface area (Å²) < 4.78 is 5.67. The third-order valence-corrected chi connectivity index (χ3v) is 7.61. The van der Waals surface area contributed by atoms with Crippen LogP contribution in [0.15, 0.2) is 78.9 Å². The van der Waals surface area contributed by atoms with E-state index in [4.69, 9.17) is 4.74 Å². The molecule has 3 aromatic rings. The molecule has 210 valence electrons. The lowest BCUT2D eigenvalue weighted by Crippen LogP contribution is -2.55. The Bertz CT molecular complexity index is 1270. The molecule has 0 heterocycles. The molecule has 0 saturated carbocycles. The van der Waals surface area contributed by atoms with E-state index < -0.39 is 30.1 Å². The molecule has 2 atom stereocenters. The van der Waals surface area contributed by atoms with Crippen LogP contribution in [0.4, 0.5) is 4.79 Å². The average Bonchev–Trinajstić information content (AvgIpc) is 3.27. The minimum Gasteiger partial charge on any atom is -0.480 e. The van der Waals surface area contributed by atoms with Gasteiger partial charge in [-0.3, -0.25) is 9.69 Å². The zero-order chi connectivity index (χ0) is 28.5. The number of thioether (sulfide) groups is 1. The van der Waals surface area contributed by atoms with Gasteiger partial charge in [-0.1, -0.05) is 78.9 Å². The number of hydrogen-bond donors (Lipinski definition) is 3. The lowest BCUT2D eigenvalue weighted by Gasteiger charge is -2.26. The monoisotopic (exact) mass is 561 g/mol. The number of fused-ring (bicyclic) bond motifs is 3. The van der Waals surface area contributed by atoms with Crippen molar-refractivity contribution in [3.63, 3.8) is 0 Å². The predicted molar refractivity (Wildman–Crippen MR) is 157 cm³/mol. The summed E-state index contributed by atoms with van der Waals surface area (Å²) in [5.74, 6) is -1.22. The van der Waals surface area contributed by atoms with E-state index in [0.717, 1.165) is 27.8 Å². The summed E-state index contributed by atoms with van der Waals surface area (Å²) in [6, 6.07) is 23.8. The number of ether oxygens (including phenoxy) is 1. The van der Waals surface area contributed by atoms with E-state index >= 15 is 0 Å². The minimum absolute atomic E-state index is 0.111. The first-order valence-corrected chi connectivity index (χ1v) is 14.6. The number of carboxylic acids is 1. The van der Waals surface area contributed by atoms with Gasteiger partial charge in [0.25, 0.3) is 0 Å². The maximum atomic E-state index is 13.3. The van der Waals surface area contributed by atoms with Crippen molar-refractivity contribution in [3.05, 3.63) is 95.6 Å². The van der Waals surface area contributed by atoms with Crippen LogP contribution in [0.25, 0.3) is 11.1 Å². The second-order valence-corrected chi connectivity index (χ2v) is 10.9. The second-order valence-electron chi connectivity index (χ2n) is 9.89. The standard InChI is InChI=1S/C31H35N3O5S/c1-34(18-21-10-4-3-5-11-21)19-28(29(35)32-27(30(36)37)16-17-40-2)33-31(38)39-20-26-24-14-8-6-12-22(24)23-13-7-9-15-25(23)26/h3-15,26-28H,16-20H2,1-2H3,(H,32,35)(H,33,38)(H,36,37). The Morgan fingerprint density at radius 3 is 2.10 bits per heavy atom. The number of aliphatic carboxylic acids is 1. The Kier molecular flexibility index (Phi) is 10.2. The van der Waals surface area contributed by atoms with Crippen LogP contribution in [0.5, 0.6) is 0 Å². The van der Waals surface area contributed by atoms with E-state index in [-0.39, 0.29) is 25.5 Å². The molecule has 0 saturated heterocycles. The molecular weight excluding hydrogens is 526 g/mol. The summed E-state index contributed by atoms with van der Waals surface area (Å²) in [5, 5.41) is 14.9. The fourth-order valence-electron chi connectivity index (χ4n) is 5.01. The number of benzene rings is 3. The van der Waals surface area contributed by atoms with Crippen LogP contribution in [0.2, 0.25) is 0 Å². The van der Waals surface area contributed by atoms with Gasteiger partial charge in [-0.25, -0.2) is 9.59 Å². The SMILES string of the molecule is CSCCC(NC(=O)C(CN(C)Cc1ccccc1)NC(=O)OCC1c2ccccc2-c2ccccc21)C(=O)O. The normalized spacial score (nSPS) is 13.7. The second kappa shape index (κ2) is 14.0. The maximum absolute atomic E-state index is 13.3. The van der Waals surface area contributed by atoms with Gasteiger partial charge in [0.05, 0.1) is 0 Å². The van der Waals surface area contributed by atoms with Crippen LogP contribution in [-0.4, -0.2) is 72.3 Å². The number of likely N-dealkylation sites (N-methyl/N-ethyl adjacent to an activating group) is 1. The van der Waals surface area contributed by atoms with Crippen LogP contribution < -0.4 is 10.6 Å². The maximum Gasteiger partial charge on any atom is 0.407 e. The molecule has 4 rings (SSSR count). The molecule has 0 fully saturated rings. The van der Waals surface area contributed by atoms with Crippen molar-refractivity contribution < 1.29 is 24.2 Å². The molecule has 2 unspecified atom stereocenters.